The molecule has 0 aliphatic heterocycles. The molecule has 1 saturated carbocycles. The molecule has 0 heterocycles. The van der Waals surface area contributed by atoms with Crippen LogP contribution in [0.25, 0.3) is 5.70 Å². The lowest BCUT2D eigenvalue weighted by molar-refractivity contribution is -0.384. The summed E-state index contributed by atoms with van der Waals surface area (Å²) in [6.45, 7) is 2.72. The van der Waals surface area contributed by atoms with Crippen LogP contribution in [-0.2, 0) is 0 Å². The van der Waals surface area contributed by atoms with Crippen molar-refractivity contribution in [3.63, 3.8) is 0 Å². The summed E-state index contributed by atoms with van der Waals surface area (Å²) in [5, 5.41) is 10.7. The molecule has 100 valence electrons. The van der Waals surface area contributed by atoms with Crippen molar-refractivity contribution >= 4 is 17.6 Å². The second kappa shape index (κ2) is 5.65. The maximum absolute atomic E-state index is 10.7. The summed E-state index contributed by atoms with van der Waals surface area (Å²) >= 11 is 0. The standard InChI is InChI=1S/C14H17N3O2/c1-10-2-5-12(17(18)19)8-13(10)14(15)6-7-16-9-11-3-4-11/h2,5-8,11H,3-4,9,15H2,1H3/b14-6-,16-7?. The van der Waals surface area contributed by atoms with Crippen molar-refractivity contribution in [2.24, 2.45) is 16.6 Å². The van der Waals surface area contributed by atoms with E-state index in [1.165, 1.54) is 25.0 Å². The zero-order chi connectivity index (χ0) is 13.8. The van der Waals surface area contributed by atoms with Gasteiger partial charge in [-0.1, -0.05) is 6.07 Å². The average Bonchev–Trinajstić information content (AvgIpc) is 3.18. The van der Waals surface area contributed by atoms with Crippen LogP contribution in [0.2, 0.25) is 0 Å². The number of aryl methyl sites for hydroxylation is 1. The van der Waals surface area contributed by atoms with Crippen LogP contribution in [0.1, 0.15) is 24.0 Å². The van der Waals surface area contributed by atoms with Gasteiger partial charge in [0.15, 0.2) is 0 Å². The summed E-state index contributed by atoms with van der Waals surface area (Å²) in [5.74, 6) is 0.741. The van der Waals surface area contributed by atoms with Crippen LogP contribution in [0.15, 0.2) is 29.3 Å². The van der Waals surface area contributed by atoms with Gasteiger partial charge in [0.05, 0.1) is 4.92 Å². The van der Waals surface area contributed by atoms with Gasteiger partial charge in [-0.25, -0.2) is 0 Å². The Bertz CT molecular complexity index is 546. The first-order valence-electron chi connectivity index (χ1n) is 6.29. The van der Waals surface area contributed by atoms with Gasteiger partial charge in [0.1, 0.15) is 0 Å². The fourth-order valence-corrected chi connectivity index (χ4v) is 1.77. The highest BCUT2D eigenvalue weighted by molar-refractivity contribution is 5.84. The van der Waals surface area contributed by atoms with Crippen LogP contribution in [0, 0.1) is 23.0 Å². The molecule has 1 aliphatic rings. The Hall–Kier alpha value is -2.17. The van der Waals surface area contributed by atoms with Crippen molar-refractivity contribution in [2.45, 2.75) is 19.8 Å². The molecule has 0 radical (unpaired) electrons. The van der Waals surface area contributed by atoms with Crippen molar-refractivity contribution in [3.05, 3.63) is 45.5 Å². The molecule has 2 rings (SSSR count). The Morgan fingerprint density at radius 2 is 2.32 bits per heavy atom. The molecule has 5 heteroatoms. The second-order valence-corrected chi connectivity index (χ2v) is 4.84. The van der Waals surface area contributed by atoms with E-state index in [1.807, 2.05) is 6.92 Å². The van der Waals surface area contributed by atoms with Crippen molar-refractivity contribution < 1.29 is 4.92 Å². The third kappa shape index (κ3) is 3.64. The number of nitrogens with two attached hydrogens (primary N) is 1. The van der Waals surface area contributed by atoms with Crippen LogP contribution in [0.3, 0.4) is 0 Å². The maximum atomic E-state index is 10.7. The van der Waals surface area contributed by atoms with Crippen molar-refractivity contribution in [3.8, 4) is 0 Å². The van der Waals surface area contributed by atoms with Gasteiger partial charge in [-0.2, -0.15) is 0 Å². The van der Waals surface area contributed by atoms with Crippen LogP contribution in [0.4, 0.5) is 5.69 Å². The van der Waals surface area contributed by atoms with Gasteiger partial charge in [0, 0.05) is 36.2 Å². The Kier molecular flexibility index (Phi) is 3.94. The van der Waals surface area contributed by atoms with Gasteiger partial charge in [0.25, 0.3) is 5.69 Å². The van der Waals surface area contributed by atoms with Crippen molar-refractivity contribution in [2.75, 3.05) is 6.54 Å². The van der Waals surface area contributed by atoms with E-state index in [1.54, 1.807) is 18.4 Å². The molecule has 5 nitrogen and oxygen atoms in total. The van der Waals surface area contributed by atoms with E-state index >= 15 is 0 Å². The summed E-state index contributed by atoms with van der Waals surface area (Å²) in [6, 6.07) is 4.68. The quantitative estimate of drug-likeness (QED) is 0.501. The molecule has 0 spiro atoms. The molecular formula is C14H17N3O2. The summed E-state index contributed by atoms with van der Waals surface area (Å²) in [7, 11) is 0. The fourth-order valence-electron chi connectivity index (χ4n) is 1.77. The number of hydrogen-bond donors (Lipinski definition) is 1. The largest absolute Gasteiger partial charge is 0.398 e. The van der Waals surface area contributed by atoms with Crippen LogP contribution in [0.5, 0.6) is 0 Å². The van der Waals surface area contributed by atoms with Crippen LogP contribution >= 0.6 is 0 Å². The molecule has 19 heavy (non-hydrogen) atoms. The first-order valence-corrected chi connectivity index (χ1v) is 6.29. The number of allylic oxidation sites excluding steroid dienone is 1. The van der Waals surface area contributed by atoms with E-state index < -0.39 is 4.92 Å². The first kappa shape index (κ1) is 13.3. The molecule has 1 aliphatic carbocycles. The average molecular weight is 259 g/mol. The number of aliphatic imine (C=N–C) groups is 1. The normalized spacial score (nSPS) is 15.9. The van der Waals surface area contributed by atoms with E-state index in [0.29, 0.717) is 11.3 Å². The van der Waals surface area contributed by atoms with Gasteiger partial charge in [-0.05, 0) is 37.3 Å². The van der Waals surface area contributed by atoms with E-state index in [0.717, 1.165) is 18.0 Å². The van der Waals surface area contributed by atoms with Gasteiger partial charge < -0.3 is 5.73 Å². The Balaban J connectivity index is 2.13. The number of nitro groups is 1. The third-order valence-electron chi connectivity index (χ3n) is 3.16. The third-order valence-corrected chi connectivity index (χ3v) is 3.16. The van der Waals surface area contributed by atoms with E-state index in [-0.39, 0.29) is 5.69 Å². The van der Waals surface area contributed by atoms with E-state index in [2.05, 4.69) is 4.99 Å². The SMILES string of the molecule is Cc1ccc([N+](=O)[O-])cc1/C(N)=C/C=NCC1CC1. The number of nitro benzene ring substituents is 1. The summed E-state index contributed by atoms with van der Waals surface area (Å²) in [5.41, 5.74) is 8.09. The number of rotatable bonds is 5. The van der Waals surface area contributed by atoms with E-state index in [4.69, 9.17) is 5.73 Å². The van der Waals surface area contributed by atoms with Crippen LogP contribution in [-0.4, -0.2) is 17.7 Å². The maximum Gasteiger partial charge on any atom is 0.270 e. The molecule has 0 saturated heterocycles. The predicted octanol–water partition coefficient (Wildman–Crippen LogP) is 2.68. The number of hydrogen-bond acceptors (Lipinski definition) is 4. The number of nitrogens with zero attached hydrogens (tertiary/aromatic N) is 2. The number of benzene rings is 1. The van der Waals surface area contributed by atoms with Crippen LogP contribution < -0.4 is 5.73 Å². The molecule has 0 atom stereocenters. The molecular weight excluding hydrogens is 242 g/mol. The zero-order valence-corrected chi connectivity index (χ0v) is 10.9. The molecule has 1 aromatic rings. The highest BCUT2D eigenvalue weighted by Crippen LogP contribution is 2.28. The molecule has 0 amide bonds. The minimum absolute atomic E-state index is 0.0480. The minimum atomic E-state index is -0.419. The van der Waals surface area contributed by atoms with Gasteiger partial charge >= 0.3 is 0 Å². The molecule has 0 unspecified atom stereocenters. The Morgan fingerprint density at radius 3 is 2.95 bits per heavy atom. The first-order chi connectivity index (χ1) is 9.08. The molecule has 0 bridgehead atoms. The van der Waals surface area contributed by atoms with E-state index in [9.17, 15) is 10.1 Å². The minimum Gasteiger partial charge on any atom is -0.398 e. The molecule has 2 N–H and O–H groups in total. The highest BCUT2D eigenvalue weighted by Gasteiger charge is 2.19. The zero-order valence-electron chi connectivity index (χ0n) is 10.9. The lowest BCUT2D eigenvalue weighted by Crippen LogP contribution is -2.01. The smallest absolute Gasteiger partial charge is 0.270 e. The summed E-state index contributed by atoms with van der Waals surface area (Å²) in [4.78, 5) is 14.6. The van der Waals surface area contributed by atoms with Crippen molar-refractivity contribution in [1.82, 2.24) is 0 Å². The van der Waals surface area contributed by atoms with Crippen molar-refractivity contribution in [1.29, 1.82) is 0 Å². The molecule has 1 aromatic carbocycles. The Morgan fingerprint density at radius 1 is 1.58 bits per heavy atom. The van der Waals surface area contributed by atoms with Gasteiger partial charge in [-0.15, -0.1) is 0 Å². The topological polar surface area (TPSA) is 81.5 Å². The highest BCUT2D eigenvalue weighted by atomic mass is 16.6. The van der Waals surface area contributed by atoms with Gasteiger partial charge in [-0.3, -0.25) is 15.1 Å². The lowest BCUT2D eigenvalue weighted by Gasteiger charge is -2.05. The molecule has 1 fully saturated rings. The second-order valence-electron chi connectivity index (χ2n) is 4.84. The Labute approximate surface area is 112 Å². The molecule has 0 aromatic heterocycles. The predicted molar refractivity (Wildman–Crippen MR) is 76.1 cm³/mol. The lowest BCUT2D eigenvalue weighted by atomic mass is 10.0. The summed E-state index contributed by atoms with van der Waals surface area (Å²) < 4.78 is 0. The van der Waals surface area contributed by atoms with Gasteiger partial charge in [0.2, 0.25) is 0 Å². The summed E-state index contributed by atoms with van der Waals surface area (Å²) in [6.07, 6.45) is 5.92. The fraction of sp³-hybridized carbons (Fsp3) is 0.357. The monoisotopic (exact) mass is 259 g/mol. The number of non-ortho nitro benzene ring substituents is 1.